The maximum atomic E-state index is 9.06. The van der Waals surface area contributed by atoms with Crippen molar-refractivity contribution in [3.05, 3.63) is 23.9 Å². The van der Waals surface area contributed by atoms with Crippen molar-refractivity contribution in [1.29, 1.82) is 5.26 Å². The summed E-state index contributed by atoms with van der Waals surface area (Å²) in [6, 6.07) is 8.67. The summed E-state index contributed by atoms with van der Waals surface area (Å²) >= 11 is 0. The van der Waals surface area contributed by atoms with Gasteiger partial charge in [0.15, 0.2) is 0 Å². The highest BCUT2D eigenvalue weighted by Gasteiger charge is 2.51. The predicted molar refractivity (Wildman–Crippen MR) is 102 cm³/mol. The second-order valence-electron chi connectivity index (χ2n) is 8.68. The maximum absolute atomic E-state index is 9.06. The second-order valence-corrected chi connectivity index (χ2v) is 8.68. The molecule has 0 bridgehead atoms. The molecule has 1 saturated heterocycles. The lowest BCUT2D eigenvalue weighted by atomic mass is 9.78. The first-order valence-electron chi connectivity index (χ1n) is 9.48. The van der Waals surface area contributed by atoms with Gasteiger partial charge in [0.05, 0.1) is 40.9 Å². The topological polar surface area (TPSA) is 60.1 Å². The molecular weight excluding hydrogens is 325 g/mol. The number of nitriles is 1. The first kappa shape index (κ1) is 17.6. The molecule has 2 fully saturated rings. The third-order valence-corrected chi connectivity index (χ3v) is 6.05. The van der Waals surface area contributed by atoms with Crippen LogP contribution in [0.25, 0.3) is 10.9 Å². The molecule has 0 amide bonds. The lowest BCUT2D eigenvalue weighted by molar-refractivity contribution is 0.00578. The summed E-state index contributed by atoms with van der Waals surface area (Å²) in [7, 11) is -0.365. The van der Waals surface area contributed by atoms with Crippen LogP contribution in [0, 0.1) is 11.3 Å². The van der Waals surface area contributed by atoms with Gasteiger partial charge in [-0.15, -0.1) is 0 Å². The summed E-state index contributed by atoms with van der Waals surface area (Å²) in [5.74, 6) is 0.543. The molecule has 6 heteroatoms. The molecule has 1 aliphatic carbocycles. The van der Waals surface area contributed by atoms with Crippen molar-refractivity contribution < 1.29 is 9.31 Å². The van der Waals surface area contributed by atoms with E-state index in [1.54, 1.807) is 0 Å². The van der Waals surface area contributed by atoms with Crippen LogP contribution < -0.4 is 5.46 Å². The van der Waals surface area contributed by atoms with Crippen molar-refractivity contribution in [2.45, 2.75) is 77.0 Å². The molecule has 136 valence electrons. The van der Waals surface area contributed by atoms with Gasteiger partial charge in [0.25, 0.3) is 0 Å². The normalized spacial score (nSPS) is 22.5. The Morgan fingerprint density at radius 3 is 2.50 bits per heavy atom. The van der Waals surface area contributed by atoms with Crippen LogP contribution in [-0.4, -0.2) is 28.1 Å². The molecule has 5 nitrogen and oxygen atoms in total. The van der Waals surface area contributed by atoms with Crippen LogP contribution in [0.4, 0.5) is 0 Å². The molecular formula is C20H26BN3O2. The van der Waals surface area contributed by atoms with Gasteiger partial charge in [-0.25, -0.2) is 0 Å². The Hall–Kier alpha value is -1.84. The summed E-state index contributed by atoms with van der Waals surface area (Å²) in [5, 5.41) is 15.1. The molecule has 26 heavy (non-hydrogen) atoms. The molecule has 0 radical (unpaired) electrons. The number of benzene rings is 1. The van der Waals surface area contributed by atoms with E-state index in [1.165, 1.54) is 18.2 Å². The third kappa shape index (κ3) is 2.74. The molecule has 1 saturated carbocycles. The van der Waals surface area contributed by atoms with Gasteiger partial charge in [-0.1, -0.05) is 12.1 Å². The van der Waals surface area contributed by atoms with E-state index < -0.39 is 0 Å². The van der Waals surface area contributed by atoms with Crippen molar-refractivity contribution in [3.8, 4) is 6.07 Å². The van der Waals surface area contributed by atoms with Crippen molar-refractivity contribution >= 4 is 23.5 Å². The first-order chi connectivity index (χ1) is 12.2. The van der Waals surface area contributed by atoms with E-state index in [4.69, 9.17) is 19.7 Å². The molecule has 1 unspecified atom stereocenters. The summed E-state index contributed by atoms with van der Waals surface area (Å²) < 4.78 is 14.4. The number of aromatic nitrogens is 2. The zero-order valence-corrected chi connectivity index (χ0v) is 16.2. The quantitative estimate of drug-likeness (QED) is 0.789. The minimum absolute atomic E-state index is 0.0673. The molecule has 4 rings (SSSR count). The van der Waals surface area contributed by atoms with Crippen LogP contribution in [-0.2, 0) is 9.31 Å². The predicted octanol–water partition coefficient (Wildman–Crippen LogP) is 3.69. The largest absolute Gasteiger partial charge is 0.494 e. The van der Waals surface area contributed by atoms with Crippen LogP contribution in [0.2, 0.25) is 0 Å². The van der Waals surface area contributed by atoms with Gasteiger partial charge in [-0.05, 0) is 59.0 Å². The average Bonchev–Trinajstić information content (AvgIpc) is 3.29. The lowest BCUT2D eigenvalue weighted by Crippen LogP contribution is -2.41. The highest BCUT2D eigenvalue weighted by molar-refractivity contribution is 6.62. The van der Waals surface area contributed by atoms with E-state index in [0.717, 1.165) is 16.7 Å². The molecule has 1 atom stereocenters. The summed E-state index contributed by atoms with van der Waals surface area (Å²) in [6.45, 7) is 10.3. The molecule has 1 aromatic heterocycles. The lowest BCUT2D eigenvalue weighted by Gasteiger charge is -2.32. The Kier molecular flexibility index (Phi) is 3.94. The molecule has 2 aliphatic rings. The van der Waals surface area contributed by atoms with Crippen LogP contribution in [0.3, 0.4) is 0 Å². The van der Waals surface area contributed by atoms with Gasteiger partial charge in [0.2, 0.25) is 0 Å². The smallest absolute Gasteiger partial charge is 0.399 e. The minimum atomic E-state index is -0.365. The van der Waals surface area contributed by atoms with E-state index in [9.17, 15) is 0 Å². The Bertz CT molecular complexity index is 876. The number of rotatable bonds is 4. The molecule has 0 spiro atoms. The first-order valence-corrected chi connectivity index (χ1v) is 9.48. The molecule has 2 aromatic rings. The Morgan fingerprint density at radius 1 is 1.27 bits per heavy atom. The van der Waals surface area contributed by atoms with Crippen LogP contribution in [0.1, 0.15) is 71.5 Å². The molecule has 1 aromatic carbocycles. The van der Waals surface area contributed by atoms with Gasteiger partial charge >= 0.3 is 7.12 Å². The third-order valence-electron chi connectivity index (χ3n) is 6.05. The monoisotopic (exact) mass is 351 g/mol. The van der Waals surface area contributed by atoms with E-state index >= 15 is 0 Å². The second kappa shape index (κ2) is 5.83. The van der Waals surface area contributed by atoms with Crippen molar-refractivity contribution in [1.82, 2.24) is 9.78 Å². The van der Waals surface area contributed by atoms with Gasteiger partial charge in [-0.3, -0.25) is 4.68 Å². The summed E-state index contributed by atoms with van der Waals surface area (Å²) in [5.41, 5.74) is 2.58. The Morgan fingerprint density at radius 2 is 1.92 bits per heavy atom. The summed E-state index contributed by atoms with van der Waals surface area (Å²) in [4.78, 5) is 0. The number of hydrogen-bond acceptors (Lipinski definition) is 4. The van der Waals surface area contributed by atoms with E-state index in [1.807, 2.05) is 4.68 Å². The van der Waals surface area contributed by atoms with Crippen molar-refractivity contribution in [2.24, 2.45) is 0 Å². The van der Waals surface area contributed by atoms with Gasteiger partial charge in [0.1, 0.15) is 0 Å². The van der Waals surface area contributed by atoms with Gasteiger partial charge in [0, 0.05) is 11.3 Å². The highest BCUT2D eigenvalue weighted by Crippen LogP contribution is 2.43. The number of hydrogen-bond donors (Lipinski definition) is 0. The molecule has 0 N–H and O–H groups in total. The Balaban J connectivity index is 1.76. The highest BCUT2D eigenvalue weighted by atomic mass is 16.7. The minimum Gasteiger partial charge on any atom is -0.399 e. The number of nitrogens with zero attached hydrogens (tertiary/aromatic N) is 3. The SMILES string of the molecule is CC(CC#N)n1nc(C2CC2)c2cc(B3OC(C)(C)C(C)(C)O3)ccc21. The maximum Gasteiger partial charge on any atom is 0.494 e. The average molecular weight is 351 g/mol. The molecule has 1 aliphatic heterocycles. The summed E-state index contributed by atoms with van der Waals surface area (Å²) in [6.07, 6.45) is 2.85. The van der Waals surface area contributed by atoms with E-state index in [0.29, 0.717) is 12.3 Å². The van der Waals surface area contributed by atoms with Crippen LogP contribution in [0.15, 0.2) is 18.2 Å². The van der Waals surface area contributed by atoms with Crippen molar-refractivity contribution in [3.63, 3.8) is 0 Å². The zero-order chi connectivity index (χ0) is 18.7. The van der Waals surface area contributed by atoms with E-state index in [-0.39, 0.29) is 24.4 Å². The van der Waals surface area contributed by atoms with Crippen molar-refractivity contribution in [2.75, 3.05) is 0 Å². The van der Waals surface area contributed by atoms with Gasteiger partial charge in [-0.2, -0.15) is 10.4 Å². The van der Waals surface area contributed by atoms with Crippen LogP contribution in [0.5, 0.6) is 0 Å². The van der Waals surface area contributed by atoms with E-state index in [2.05, 4.69) is 58.9 Å². The Labute approximate surface area is 155 Å². The fourth-order valence-electron chi connectivity index (χ4n) is 3.52. The zero-order valence-electron chi connectivity index (χ0n) is 16.2. The fraction of sp³-hybridized carbons (Fsp3) is 0.600. The standard InChI is InChI=1S/C20H26BN3O2/c1-13(10-11-22)24-17-9-8-15(12-16(17)18(23-24)14-6-7-14)21-25-19(2,3)20(4,5)26-21/h8-9,12-14H,6-7,10H2,1-5H3. The van der Waals surface area contributed by atoms with Crippen LogP contribution >= 0.6 is 0 Å². The fourth-order valence-corrected chi connectivity index (χ4v) is 3.52. The van der Waals surface area contributed by atoms with Gasteiger partial charge < -0.3 is 9.31 Å². The molecule has 2 heterocycles. The number of fused-ring (bicyclic) bond motifs is 1.